The Hall–Kier alpha value is -1.85. The number of rotatable bonds is 4. The molecule has 0 saturated carbocycles. The van der Waals surface area contributed by atoms with E-state index in [2.05, 4.69) is 15.9 Å². The van der Waals surface area contributed by atoms with Gasteiger partial charge < -0.3 is 16.2 Å². The Morgan fingerprint density at radius 2 is 1.95 bits per heavy atom. The number of benzene rings is 2. The van der Waals surface area contributed by atoms with E-state index in [0.29, 0.717) is 17.1 Å². The highest BCUT2D eigenvalue weighted by atomic mass is 79.9. The van der Waals surface area contributed by atoms with Gasteiger partial charge in [0.25, 0.3) is 5.91 Å². The van der Waals surface area contributed by atoms with Gasteiger partial charge in [-0.25, -0.2) is 0 Å². The summed E-state index contributed by atoms with van der Waals surface area (Å²) in [4.78, 5) is 11.3. The predicted molar refractivity (Wildman–Crippen MR) is 81.8 cm³/mol. The minimum absolute atomic E-state index is 0.0728. The summed E-state index contributed by atoms with van der Waals surface area (Å²) in [6, 6.07) is 12.3. The summed E-state index contributed by atoms with van der Waals surface area (Å²) >= 11 is 3.46. The van der Waals surface area contributed by atoms with E-state index in [0.717, 1.165) is 10.0 Å². The third kappa shape index (κ3) is 3.18. The van der Waals surface area contributed by atoms with E-state index in [-0.39, 0.29) is 6.04 Å². The van der Waals surface area contributed by atoms with E-state index in [1.165, 1.54) is 0 Å². The number of primary amides is 1. The first kappa shape index (κ1) is 14.6. The molecule has 20 heavy (non-hydrogen) atoms. The van der Waals surface area contributed by atoms with Crippen LogP contribution in [0.2, 0.25) is 0 Å². The van der Waals surface area contributed by atoms with Crippen molar-refractivity contribution in [3.8, 4) is 11.5 Å². The molecule has 5 heteroatoms. The minimum Gasteiger partial charge on any atom is -0.456 e. The second-order valence-corrected chi connectivity index (χ2v) is 5.29. The number of ether oxygens (including phenoxy) is 1. The molecule has 0 bridgehead atoms. The summed E-state index contributed by atoms with van der Waals surface area (Å²) in [6.07, 6.45) is 0. The maximum absolute atomic E-state index is 11.3. The molecule has 0 saturated heterocycles. The number of para-hydroxylation sites is 1. The Kier molecular flexibility index (Phi) is 4.42. The standard InChI is InChI=1S/C15H15BrN2O2/c1-9(17)11-7-6-10(8-13(11)16)20-14-5-3-2-4-12(14)15(18)19/h2-9H,17H2,1H3,(H2,18,19)/t9-/m0/s1. The molecule has 0 radical (unpaired) electrons. The van der Waals surface area contributed by atoms with E-state index in [9.17, 15) is 4.79 Å². The number of nitrogens with two attached hydrogens (primary N) is 2. The number of carbonyl (C=O) groups is 1. The quantitative estimate of drug-likeness (QED) is 0.899. The topological polar surface area (TPSA) is 78.3 Å². The molecule has 0 aliphatic carbocycles. The van der Waals surface area contributed by atoms with Gasteiger partial charge in [-0.3, -0.25) is 4.79 Å². The first-order valence-corrected chi connectivity index (χ1v) is 6.90. The van der Waals surface area contributed by atoms with E-state index < -0.39 is 5.91 Å². The van der Waals surface area contributed by atoms with Crippen LogP contribution in [-0.4, -0.2) is 5.91 Å². The zero-order valence-corrected chi connectivity index (χ0v) is 12.6. The van der Waals surface area contributed by atoms with Crippen molar-refractivity contribution >= 4 is 21.8 Å². The van der Waals surface area contributed by atoms with Crippen LogP contribution in [0.25, 0.3) is 0 Å². The van der Waals surface area contributed by atoms with Crippen molar-refractivity contribution in [3.05, 3.63) is 58.1 Å². The van der Waals surface area contributed by atoms with Crippen LogP contribution in [0, 0.1) is 0 Å². The fourth-order valence-corrected chi connectivity index (χ4v) is 2.55. The molecule has 2 rings (SSSR count). The van der Waals surface area contributed by atoms with Gasteiger partial charge in [-0.05, 0) is 36.8 Å². The van der Waals surface area contributed by atoms with E-state index >= 15 is 0 Å². The van der Waals surface area contributed by atoms with Gasteiger partial charge in [0.2, 0.25) is 0 Å². The second kappa shape index (κ2) is 6.07. The zero-order chi connectivity index (χ0) is 14.7. The van der Waals surface area contributed by atoms with Crippen LogP contribution in [-0.2, 0) is 0 Å². The molecule has 4 nitrogen and oxygen atoms in total. The molecule has 104 valence electrons. The van der Waals surface area contributed by atoms with Crippen LogP contribution < -0.4 is 16.2 Å². The molecule has 0 aliphatic heterocycles. The van der Waals surface area contributed by atoms with Gasteiger partial charge in [0.05, 0.1) is 5.56 Å². The fraction of sp³-hybridized carbons (Fsp3) is 0.133. The third-order valence-electron chi connectivity index (χ3n) is 2.84. The lowest BCUT2D eigenvalue weighted by molar-refractivity contribution is 0.0998. The average molecular weight is 335 g/mol. The lowest BCUT2D eigenvalue weighted by Crippen LogP contribution is -2.12. The van der Waals surface area contributed by atoms with Gasteiger partial charge in [-0.15, -0.1) is 0 Å². The van der Waals surface area contributed by atoms with E-state index in [1.807, 2.05) is 19.1 Å². The Morgan fingerprint density at radius 1 is 1.25 bits per heavy atom. The largest absolute Gasteiger partial charge is 0.456 e. The van der Waals surface area contributed by atoms with Gasteiger partial charge in [0.15, 0.2) is 0 Å². The number of hydrogen-bond donors (Lipinski definition) is 2. The monoisotopic (exact) mass is 334 g/mol. The summed E-state index contributed by atoms with van der Waals surface area (Å²) in [7, 11) is 0. The highest BCUT2D eigenvalue weighted by Gasteiger charge is 2.11. The molecule has 0 fully saturated rings. The predicted octanol–water partition coefficient (Wildman–Crippen LogP) is 3.36. The lowest BCUT2D eigenvalue weighted by atomic mass is 10.1. The van der Waals surface area contributed by atoms with Crippen molar-refractivity contribution in [1.82, 2.24) is 0 Å². The molecule has 2 aromatic rings. The lowest BCUT2D eigenvalue weighted by Gasteiger charge is -2.12. The molecule has 0 aliphatic rings. The maximum Gasteiger partial charge on any atom is 0.252 e. The SMILES string of the molecule is C[C@H](N)c1ccc(Oc2ccccc2C(N)=O)cc1Br. The van der Waals surface area contributed by atoms with Crippen molar-refractivity contribution in [1.29, 1.82) is 0 Å². The van der Waals surface area contributed by atoms with Gasteiger partial charge in [0, 0.05) is 10.5 Å². The van der Waals surface area contributed by atoms with Gasteiger partial charge in [-0.2, -0.15) is 0 Å². The van der Waals surface area contributed by atoms with Crippen LogP contribution in [0.4, 0.5) is 0 Å². The van der Waals surface area contributed by atoms with Crippen LogP contribution in [0.1, 0.15) is 28.9 Å². The molecular formula is C15H15BrN2O2. The average Bonchev–Trinajstić information content (AvgIpc) is 2.38. The summed E-state index contributed by atoms with van der Waals surface area (Å²) in [5.74, 6) is 0.516. The molecule has 0 unspecified atom stereocenters. The van der Waals surface area contributed by atoms with Crippen molar-refractivity contribution in [3.63, 3.8) is 0 Å². The first-order valence-electron chi connectivity index (χ1n) is 6.10. The Balaban J connectivity index is 2.31. The van der Waals surface area contributed by atoms with Crippen molar-refractivity contribution in [2.45, 2.75) is 13.0 Å². The van der Waals surface area contributed by atoms with Crippen molar-refractivity contribution in [2.24, 2.45) is 11.5 Å². The van der Waals surface area contributed by atoms with Gasteiger partial charge in [-0.1, -0.05) is 34.1 Å². The van der Waals surface area contributed by atoms with Crippen LogP contribution >= 0.6 is 15.9 Å². The highest BCUT2D eigenvalue weighted by Crippen LogP contribution is 2.30. The van der Waals surface area contributed by atoms with Gasteiger partial charge >= 0.3 is 0 Å². The first-order chi connectivity index (χ1) is 9.49. The maximum atomic E-state index is 11.3. The summed E-state index contributed by atoms with van der Waals surface area (Å²) in [6.45, 7) is 1.91. The summed E-state index contributed by atoms with van der Waals surface area (Å²) in [5.41, 5.74) is 12.5. The highest BCUT2D eigenvalue weighted by molar-refractivity contribution is 9.10. The van der Waals surface area contributed by atoms with Crippen molar-refractivity contribution in [2.75, 3.05) is 0 Å². The zero-order valence-electron chi connectivity index (χ0n) is 11.0. The number of carbonyl (C=O) groups excluding carboxylic acids is 1. The number of halogens is 1. The van der Waals surface area contributed by atoms with Gasteiger partial charge in [0.1, 0.15) is 11.5 Å². The Morgan fingerprint density at radius 3 is 2.55 bits per heavy atom. The molecular weight excluding hydrogens is 320 g/mol. The van der Waals surface area contributed by atoms with E-state index in [4.69, 9.17) is 16.2 Å². The molecule has 0 spiro atoms. The van der Waals surface area contributed by atoms with Crippen LogP contribution in [0.5, 0.6) is 11.5 Å². The normalized spacial score (nSPS) is 11.9. The van der Waals surface area contributed by atoms with E-state index in [1.54, 1.807) is 30.3 Å². The molecule has 1 amide bonds. The number of amides is 1. The molecule has 1 atom stereocenters. The fourth-order valence-electron chi connectivity index (χ4n) is 1.83. The molecule has 2 aromatic carbocycles. The molecule has 0 aromatic heterocycles. The number of hydrogen-bond acceptors (Lipinski definition) is 3. The summed E-state index contributed by atoms with van der Waals surface area (Å²) in [5, 5.41) is 0. The van der Waals surface area contributed by atoms with Crippen LogP contribution in [0.3, 0.4) is 0 Å². The minimum atomic E-state index is -0.521. The molecule has 0 heterocycles. The Labute approximate surface area is 125 Å². The second-order valence-electron chi connectivity index (χ2n) is 4.43. The smallest absolute Gasteiger partial charge is 0.252 e. The van der Waals surface area contributed by atoms with Crippen molar-refractivity contribution < 1.29 is 9.53 Å². The summed E-state index contributed by atoms with van der Waals surface area (Å²) < 4.78 is 6.58. The third-order valence-corrected chi connectivity index (χ3v) is 3.53. The van der Waals surface area contributed by atoms with Crippen LogP contribution in [0.15, 0.2) is 46.9 Å². The Bertz CT molecular complexity index is 642. The molecule has 4 N–H and O–H groups in total.